The number of allylic oxidation sites excluding steroid dienone is 3. The molecule has 4 rings (SSSR count). The summed E-state index contributed by atoms with van der Waals surface area (Å²) in [5, 5.41) is 17.9. The number of hydrazine groups is 1. The first-order valence-electron chi connectivity index (χ1n) is 15.1. The minimum atomic E-state index is -0.675. The summed E-state index contributed by atoms with van der Waals surface area (Å²) in [4.78, 5) is 37.1. The lowest BCUT2D eigenvalue weighted by Crippen LogP contribution is -2.41. The van der Waals surface area contributed by atoms with Crippen LogP contribution in [0.25, 0.3) is 0 Å². The average molecular weight is 650 g/mol. The number of benzene rings is 2. The van der Waals surface area contributed by atoms with Crippen LogP contribution in [0.4, 0.5) is 14.3 Å². The highest BCUT2D eigenvalue weighted by atomic mass is 32.1. The van der Waals surface area contributed by atoms with Gasteiger partial charge in [0.1, 0.15) is 22.2 Å². The Balaban J connectivity index is 1.17. The first-order chi connectivity index (χ1) is 21.9. The minimum absolute atomic E-state index is 0.0199. The average Bonchev–Trinajstić information content (AvgIpc) is 3.43. The number of carbonyl (C=O) groups is 3. The number of amides is 3. The highest BCUT2D eigenvalue weighted by molar-refractivity contribution is 7.15. The van der Waals surface area contributed by atoms with Crippen molar-refractivity contribution in [3.63, 3.8) is 0 Å². The summed E-state index contributed by atoms with van der Waals surface area (Å²) in [6.45, 7) is 6.90. The number of nitrogens with zero attached hydrogens (tertiary/aromatic N) is 2. The summed E-state index contributed by atoms with van der Waals surface area (Å²) < 4.78 is 19.8. The van der Waals surface area contributed by atoms with Crippen LogP contribution in [-0.2, 0) is 33.6 Å². The predicted molar refractivity (Wildman–Crippen MR) is 175 cm³/mol. The largest absolute Gasteiger partial charge is 0.444 e. The van der Waals surface area contributed by atoms with E-state index in [0.717, 1.165) is 42.0 Å². The normalized spacial score (nSPS) is 13.3. The van der Waals surface area contributed by atoms with Gasteiger partial charge in [-0.3, -0.25) is 15.0 Å². The van der Waals surface area contributed by atoms with Crippen molar-refractivity contribution in [3.8, 4) is 0 Å². The van der Waals surface area contributed by atoms with E-state index in [2.05, 4.69) is 37.0 Å². The van der Waals surface area contributed by atoms with Gasteiger partial charge in [0.15, 0.2) is 0 Å². The minimum Gasteiger partial charge on any atom is -0.444 e. The van der Waals surface area contributed by atoms with E-state index in [-0.39, 0.29) is 30.2 Å². The SMILES string of the molecule is CC(NC(=O)OC(C)(C)C)c1cc(CC(=O)NC2=CC=C(CCCCc3nnc(NC(=O)Cc4ccccc4)s3)NN2)ccc1F. The van der Waals surface area contributed by atoms with Gasteiger partial charge in [0.2, 0.25) is 16.9 Å². The lowest BCUT2D eigenvalue weighted by molar-refractivity contribution is -0.120. The first kappa shape index (κ1) is 34.1. The maximum Gasteiger partial charge on any atom is 0.408 e. The zero-order valence-electron chi connectivity index (χ0n) is 26.4. The van der Waals surface area contributed by atoms with Crippen molar-refractivity contribution < 1.29 is 23.5 Å². The molecule has 3 aromatic rings. The van der Waals surface area contributed by atoms with Gasteiger partial charge in [0, 0.05) is 17.7 Å². The lowest BCUT2D eigenvalue weighted by Gasteiger charge is -2.22. The van der Waals surface area contributed by atoms with Crippen LogP contribution in [0.3, 0.4) is 0 Å². The number of aryl methyl sites for hydroxylation is 1. The van der Waals surface area contributed by atoms with Gasteiger partial charge >= 0.3 is 6.09 Å². The van der Waals surface area contributed by atoms with E-state index in [9.17, 15) is 18.8 Å². The molecule has 13 heteroatoms. The van der Waals surface area contributed by atoms with Crippen molar-refractivity contribution in [2.24, 2.45) is 0 Å². The summed E-state index contributed by atoms with van der Waals surface area (Å²) in [7, 11) is 0. The standard InChI is InChI=1S/C33H40FN7O4S/c1-21(35-32(44)45-33(2,3)4)25-18-23(14-16-26(25)34)20-28(42)36-27-17-15-24(38-39-27)12-8-9-13-30-40-41-31(46-30)37-29(43)19-22-10-6-5-7-11-22/h5-7,10-11,14-18,21,38-39H,8-9,12-13,19-20H2,1-4H3,(H,35,44)(H,36,42)(H,37,41,43). The predicted octanol–water partition coefficient (Wildman–Crippen LogP) is 5.35. The van der Waals surface area contributed by atoms with Crippen molar-refractivity contribution in [1.82, 2.24) is 31.7 Å². The number of hydrogen-bond donors (Lipinski definition) is 5. The van der Waals surface area contributed by atoms with Crippen LogP contribution >= 0.6 is 11.3 Å². The number of hydrogen-bond acceptors (Lipinski definition) is 9. The van der Waals surface area contributed by atoms with Crippen molar-refractivity contribution in [2.45, 2.75) is 77.9 Å². The number of anilines is 1. The number of unbranched alkanes of at least 4 members (excludes halogenated alkanes) is 1. The van der Waals surface area contributed by atoms with Gasteiger partial charge in [-0.25, -0.2) is 9.18 Å². The molecule has 3 amide bonds. The van der Waals surface area contributed by atoms with Gasteiger partial charge < -0.3 is 26.1 Å². The summed E-state index contributed by atoms with van der Waals surface area (Å²) in [5.41, 5.74) is 8.19. The fraction of sp³-hybridized carbons (Fsp3) is 0.364. The third kappa shape index (κ3) is 11.3. The molecule has 11 nitrogen and oxygen atoms in total. The molecule has 2 heterocycles. The van der Waals surface area contributed by atoms with E-state index in [1.807, 2.05) is 36.4 Å². The maximum absolute atomic E-state index is 14.5. The van der Waals surface area contributed by atoms with Crippen LogP contribution in [0.1, 0.15) is 74.7 Å². The molecule has 1 aliphatic heterocycles. The Morgan fingerprint density at radius 3 is 2.35 bits per heavy atom. The van der Waals surface area contributed by atoms with Crippen LogP contribution in [0.5, 0.6) is 0 Å². The molecule has 2 aromatic carbocycles. The van der Waals surface area contributed by atoms with Gasteiger partial charge in [-0.1, -0.05) is 53.8 Å². The van der Waals surface area contributed by atoms with Crippen LogP contribution < -0.4 is 26.8 Å². The second-order valence-electron chi connectivity index (χ2n) is 11.9. The number of rotatable bonds is 13. The second-order valence-corrected chi connectivity index (χ2v) is 13.0. The van der Waals surface area contributed by atoms with Gasteiger partial charge in [0.25, 0.3) is 0 Å². The zero-order valence-corrected chi connectivity index (χ0v) is 27.2. The molecule has 1 aromatic heterocycles. The number of carbonyl (C=O) groups excluding carboxylic acids is 3. The van der Waals surface area contributed by atoms with Crippen molar-refractivity contribution in [2.75, 3.05) is 5.32 Å². The van der Waals surface area contributed by atoms with E-state index in [1.54, 1.807) is 45.9 Å². The Morgan fingerprint density at radius 1 is 0.913 bits per heavy atom. The molecule has 1 atom stereocenters. The van der Waals surface area contributed by atoms with Gasteiger partial charge in [-0.05, 0) is 76.3 Å². The third-order valence-electron chi connectivity index (χ3n) is 6.72. The van der Waals surface area contributed by atoms with E-state index in [4.69, 9.17) is 4.74 Å². The second kappa shape index (κ2) is 16.0. The molecule has 0 radical (unpaired) electrons. The van der Waals surface area contributed by atoms with E-state index >= 15 is 0 Å². The fourth-order valence-electron chi connectivity index (χ4n) is 4.55. The van der Waals surface area contributed by atoms with E-state index < -0.39 is 23.6 Å². The molecule has 0 aliphatic carbocycles. The summed E-state index contributed by atoms with van der Waals surface area (Å²) in [6.07, 6.45) is 6.68. The Labute approximate surface area is 272 Å². The lowest BCUT2D eigenvalue weighted by atomic mass is 10.0. The molecule has 1 unspecified atom stereocenters. The molecule has 0 fully saturated rings. The highest BCUT2D eigenvalue weighted by Crippen LogP contribution is 2.21. The van der Waals surface area contributed by atoms with Crippen molar-refractivity contribution in [3.05, 3.63) is 99.7 Å². The maximum atomic E-state index is 14.5. The molecule has 46 heavy (non-hydrogen) atoms. The molecule has 244 valence electrons. The Hall–Kier alpha value is -4.78. The zero-order chi connectivity index (χ0) is 33.1. The topological polar surface area (TPSA) is 146 Å². The Bertz CT molecular complexity index is 1580. The molecule has 5 N–H and O–H groups in total. The smallest absolute Gasteiger partial charge is 0.408 e. The molecule has 0 saturated heterocycles. The van der Waals surface area contributed by atoms with Gasteiger partial charge in [-0.15, -0.1) is 10.2 Å². The summed E-state index contributed by atoms with van der Waals surface area (Å²) in [6, 6.07) is 13.3. The van der Waals surface area contributed by atoms with Crippen LogP contribution in [0.2, 0.25) is 0 Å². The number of nitrogens with one attached hydrogen (secondary N) is 5. The number of alkyl carbamates (subject to hydrolysis) is 1. The number of ether oxygens (including phenoxy) is 1. The van der Waals surface area contributed by atoms with Gasteiger partial charge in [-0.2, -0.15) is 0 Å². The summed E-state index contributed by atoms with van der Waals surface area (Å²) in [5.74, 6) is -0.395. The Morgan fingerprint density at radius 2 is 1.63 bits per heavy atom. The molecular formula is C33H40FN7O4S. The van der Waals surface area contributed by atoms with Crippen molar-refractivity contribution >= 4 is 34.4 Å². The van der Waals surface area contributed by atoms with Crippen molar-refractivity contribution in [1.29, 1.82) is 0 Å². The van der Waals surface area contributed by atoms with Crippen LogP contribution in [-0.4, -0.2) is 33.7 Å². The first-order valence-corrected chi connectivity index (χ1v) is 15.9. The van der Waals surface area contributed by atoms with E-state index in [1.165, 1.54) is 17.4 Å². The number of halogens is 1. The highest BCUT2D eigenvalue weighted by Gasteiger charge is 2.20. The Kier molecular flexibility index (Phi) is 11.8. The molecular weight excluding hydrogens is 609 g/mol. The summed E-state index contributed by atoms with van der Waals surface area (Å²) >= 11 is 1.38. The molecule has 0 saturated carbocycles. The molecule has 1 aliphatic rings. The molecule has 0 bridgehead atoms. The van der Waals surface area contributed by atoms with Gasteiger partial charge in [0.05, 0.1) is 18.9 Å². The van der Waals surface area contributed by atoms with Crippen LogP contribution in [0, 0.1) is 5.82 Å². The quantitative estimate of drug-likeness (QED) is 0.156. The van der Waals surface area contributed by atoms with E-state index in [0.29, 0.717) is 16.5 Å². The van der Waals surface area contributed by atoms with Crippen LogP contribution in [0.15, 0.2) is 72.2 Å². The number of aromatic nitrogens is 2. The molecule has 0 spiro atoms. The monoisotopic (exact) mass is 649 g/mol. The fourth-order valence-corrected chi connectivity index (χ4v) is 5.35. The third-order valence-corrected chi connectivity index (χ3v) is 7.61.